The van der Waals surface area contributed by atoms with Crippen LogP contribution in [0.15, 0.2) is 30.3 Å². The molecule has 7 nitrogen and oxygen atoms in total. The van der Waals surface area contributed by atoms with Crippen LogP contribution in [0, 0.1) is 0 Å². The van der Waals surface area contributed by atoms with E-state index in [2.05, 4.69) is 10.9 Å². The molecule has 0 radical (unpaired) electrons. The molecule has 0 spiro atoms. The summed E-state index contributed by atoms with van der Waals surface area (Å²) in [7, 11) is 0. The number of hydrazine groups is 1. The number of ether oxygens (including phenoxy) is 3. The number of halogens is 2. The van der Waals surface area contributed by atoms with Gasteiger partial charge in [0.25, 0.3) is 5.91 Å². The third-order valence-electron chi connectivity index (χ3n) is 3.85. The zero-order valence-electron chi connectivity index (χ0n) is 17.0. The predicted octanol–water partition coefficient (Wildman–Crippen LogP) is 4.19. The van der Waals surface area contributed by atoms with E-state index in [9.17, 15) is 9.59 Å². The zero-order valence-corrected chi connectivity index (χ0v) is 18.5. The van der Waals surface area contributed by atoms with Crippen LogP contribution in [0.1, 0.15) is 36.7 Å². The summed E-state index contributed by atoms with van der Waals surface area (Å²) in [6, 6.07) is 7.91. The molecule has 9 heteroatoms. The molecule has 0 aliphatic rings. The molecule has 30 heavy (non-hydrogen) atoms. The predicted molar refractivity (Wildman–Crippen MR) is 116 cm³/mol. The summed E-state index contributed by atoms with van der Waals surface area (Å²) >= 11 is 11.9. The number of benzene rings is 2. The molecule has 0 aromatic heterocycles. The molecule has 0 bridgehead atoms. The van der Waals surface area contributed by atoms with Crippen LogP contribution in [0.3, 0.4) is 0 Å². The van der Waals surface area contributed by atoms with Gasteiger partial charge in [0.1, 0.15) is 0 Å². The number of hydrogen-bond donors (Lipinski definition) is 2. The first-order valence-electron chi connectivity index (χ1n) is 9.49. The van der Waals surface area contributed by atoms with E-state index in [0.717, 1.165) is 0 Å². The van der Waals surface area contributed by atoms with Gasteiger partial charge in [-0.2, -0.15) is 0 Å². The molecule has 2 aromatic carbocycles. The monoisotopic (exact) mass is 454 g/mol. The molecular formula is C21H24Cl2N2O5. The van der Waals surface area contributed by atoms with Gasteiger partial charge in [0.15, 0.2) is 11.5 Å². The van der Waals surface area contributed by atoms with Crippen LogP contribution in [-0.4, -0.2) is 31.6 Å². The SMILES string of the molecule is CCOc1cc(C(=O)NNC(=O)Cc2ccc(Cl)cc2Cl)cc(OCC)c1OCC. The maximum Gasteiger partial charge on any atom is 0.269 e. The first-order valence-corrected chi connectivity index (χ1v) is 10.2. The summed E-state index contributed by atoms with van der Waals surface area (Å²) in [6.07, 6.45) is -0.0199. The lowest BCUT2D eigenvalue weighted by Crippen LogP contribution is -2.42. The summed E-state index contributed by atoms with van der Waals surface area (Å²) < 4.78 is 16.8. The third-order valence-corrected chi connectivity index (χ3v) is 4.44. The highest BCUT2D eigenvalue weighted by Gasteiger charge is 2.19. The molecule has 2 aromatic rings. The van der Waals surface area contributed by atoms with Crippen molar-refractivity contribution in [2.24, 2.45) is 0 Å². The van der Waals surface area contributed by atoms with Crippen molar-refractivity contribution in [1.82, 2.24) is 10.9 Å². The van der Waals surface area contributed by atoms with Gasteiger partial charge < -0.3 is 14.2 Å². The maximum absolute atomic E-state index is 12.6. The number of carbonyl (C=O) groups excluding carboxylic acids is 2. The van der Waals surface area contributed by atoms with Crippen molar-refractivity contribution in [2.75, 3.05) is 19.8 Å². The van der Waals surface area contributed by atoms with Crippen molar-refractivity contribution < 1.29 is 23.8 Å². The van der Waals surface area contributed by atoms with E-state index in [1.165, 1.54) is 12.1 Å². The molecule has 162 valence electrons. The van der Waals surface area contributed by atoms with Crippen molar-refractivity contribution in [3.8, 4) is 17.2 Å². The molecule has 0 heterocycles. The number of carbonyl (C=O) groups is 2. The molecular weight excluding hydrogens is 431 g/mol. The van der Waals surface area contributed by atoms with E-state index in [1.807, 2.05) is 20.8 Å². The Labute approximate surface area is 185 Å². The molecule has 0 unspecified atom stereocenters. The lowest BCUT2D eigenvalue weighted by atomic mass is 10.1. The molecule has 0 fully saturated rings. The fourth-order valence-electron chi connectivity index (χ4n) is 2.60. The largest absolute Gasteiger partial charge is 0.490 e. The lowest BCUT2D eigenvalue weighted by molar-refractivity contribution is -0.121. The second-order valence-corrected chi connectivity index (χ2v) is 6.86. The second kappa shape index (κ2) is 11.5. The molecule has 2 amide bonds. The number of hydrogen-bond acceptors (Lipinski definition) is 5. The van der Waals surface area contributed by atoms with Gasteiger partial charge in [-0.3, -0.25) is 20.4 Å². The fourth-order valence-corrected chi connectivity index (χ4v) is 3.08. The fraction of sp³-hybridized carbons (Fsp3) is 0.333. The number of amides is 2. The summed E-state index contributed by atoms with van der Waals surface area (Å²) in [4.78, 5) is 24.8. The third kappa shape index (κ3) is 6.43. The number of nitrogens with one attached hydrogen (secondary N) is 2. The quantitative estimate of drug-likeness (QED) is 0.554. The van der Waals surface area contributed by atoms with Crippen LogP contribution < -0.4 is 25.1 Å². The topological polar surface area (TPSA) is 85.9 Å². The van der Waals surface area contributed by atoms with E-state index in [0.29, 0.717) is 52.7 Å². The molecule has 0 atom stereocenters. The Morgan fingerprint density at radius 2 is 1.47 bits per heavy atom. The molecule has 0 aliphatic heterocycles. The Kier molecular flexibility index (Phi) is 9.08. The van der Waals surface area contributed by atoms with Crippen molar-refractivity contribution in [3.05, 3.63) is 51.5 Å². The van der Waals surface area contributed by atoms with Crippen LogP contribution in [0.4, 0.5) is 0 Å². The minimum atomic E-state index is -0.532. The van der Waals surface area contributed by atoms with Gasteiger partial charge in [0.2, 0.25) is 11.7 Å². The standard InChI is InChI=1S/C21H24Cl2N2O5/c1-4-28-17-9-14(10-18(29-5-2)20(17)30-6-3)21(27)25-24-19(26)11-13-7-8-15(22)12-16(13)23/h7-10,12H,4-6,11H2,1-3H3,(H,24,26)(H,25,27). The van der Waals surface area contributed by atoms with Gasteiger partial charge in [-0.15, -0.1) is 0 Å². The summed E-state index contributed by atoms with van der Waals surface area (Å²) in [5.41, 5.74) is 5.59. The van der Waals surface area contributed by atoms with Gasteiger partial charge in [-0.1, -0.05) is 29.3 Å². The van der Waals surface area contributed by atoms with Crippen LogP contribution >= 0.6 is 23.2 Å². The van der Waals surface area contributed by atoms with E-state index < -0.39 is 11.8 Å². The van der Waals surface area contributed by atoms with Gasteiger partial charge in [-0.25, -0.2) is 0 Å². The smallest absolute Gasteiger partial charge is 0.269 e. The molecule has 2 rings (SSSR count). The molecule has 2 N–H and O–H groups in total. The highest BCUT2D eigenvalue weighted by molar-refractivity contribution is 6.35. The van der Waals surface area contributed by atoms with E-state index in [1.54, 1.807) is 18.2 Å². The van der Waals surface area contributed by atoms with E-state index >= 15 is 0 Å². The average Bonchev–Trinajstić information content (AvgIpc) is 2.71. The second-order valence-electron chi connectivity index (χ2n) is 6.02. The van der Waals surface area contributed by atoms with Gasteiger partial charge in [0.05, 0.1) is 26.2 Å². The van der Waals surface area contributed by atoms with Crippen molar-refractivity contribution >= 4 is 35.0 Å². The Morgan fingerprint density at radius 1 is 0.867 bits per heavy atom. The lowest BCUT2D eigenvalue weighted by Gasteiger charge is -2.17. The summed E-state index contributed by atoms with van der Waals surface area (Å²) in [5, 5.41) is 0.848. The minimum absolute atomic E-state index is 0.0199. The van der Waals surface area contributed by atoms with Gasteiger partial charge in [-0.05, 0) is 50.6 Å². The van der Waals surface area contributed by atoms with Crippen molar-refractivity contribution in [2.45, 2.75) is 27.2 Å². The van der Waals surface area contributed by atoms with Crippen LogP contribution in [0.2, 0.25) is 10.0 Å². The van der Waals surface area contributed by atoms with Crippen LogP contribution in [-0.2, 0) is 11.2 Å². The first kappa shape index (κ1) is 23.6. The molecule has 0 aliphatic carbocycles. The van der Waals surface area contributed by atoms with Crippen LogP contribution in [0.5, 0.6) is 17.2 Å². The highest BCUT2D eigenvalue weighted by Crippen LogP contribution is 2.39. The van der Waals surface area contributed by atoms with Crippen molar-refractivity contribution in [3.63, 3.8) is 0 Å². The normalized spacial score (nSPS) is 10.3. The molecule has 0 saturated heterocycles. The minimum Gasteiger partial charge on any atom is -0.490 e. The first-order chi connectivity index (χ1) is 14.4. The van der Waals surface area contributed by atoms with Gasteiger partial charge >= 0.3 is 0 Å². The Balaban J connectivity index is 2.12. The summed E-state index contributed by atoms with van der Waals surface area (Å²) in [6.45, 7) is 6.67. The Morgan fingerprint density at radius 3 is 2.00 bits per heavy atom. The van der Waals surface area contributed by atoms with E-state index in [-0.39, 0.29) is 12.0 Å². The van der Waals surface area contributed by atoms with Crippen molar-refractivity contribution in [1.29, 1.82) is 0 Å². The average molecular weight is 455 g/mol. The Bertz CT molecular complexity index is 878. The summed E-state index contributed by atoms with van der Waals surface area (Å²) in [5.74, 6) is 0.229. The van der Waals surface area contributed by atoms with E-state index in [4.69, 9.17) is 37.4 Å². The maximum atomic E-state index is 12.6. The Hall–Kier alpha value is -2.64. The number of rotatable bonds is 9. The van der Waals surface area contributed by atoms with Gasteiger partial charge in [0, 0.05) is 15.6 Å². The molecule has 0 saturated carbocycles. The zero-order chi connectivity index (χ0) is 22.1. The van der Waals surface area contributed by atoms with Crippen LogP contribution in [0.25, 0.3) is 0 Å². The highest BCUT2D eigenvalue weighted by atomic mass is 35.5.